The van der Waals surface area contributed by atoms with E-state index in [4.69, 9.17) is 33.7 Å². The SMILES string of the molecule is Nc1cccc(-c2ccc(SCC(=O)NC[C@H]3CN(Cc4ccc(Cl)c(Cl)c4)CCO3)s2)c1. The van der Waals surface area contributed by atoms with Crippen molar-refractivity contribution in [3.8, 4) is 10.4 Å². The Balaban J connectivity index is 1.21. The van der Waals surface area contributed by atoms with Crippen molar-refractivity contribution in [1.82, 2.24) is 10.2 Å². The number of nitrogens with two attached hydrogens (primary N) is 1. The predicted octanol–water partition coefficient (Wildman–Crippen LogP) is 5.41. The van der Waals surface area contributed by atoms with Crippen LogP contribution >= 0.6 is 46.3 Å². The number of hydrogen-bond donors (Lipinski definition) is 2. The number of nitrogens with zero attached hydrogens (tertiary/aromatic N) is 1. The maximum Gasteiger partial charge on any atom is 0.230 e. The number of benzene rings is 2. The van der Waals surface area contributed by atoms with E-state index >= 15 is 0 Å². The number of nitrogens with one attached hydrogen (secondary N) is 1. The van der Waals surface area contributed by atoms with Gasteiger partial charge in [0.1, 0.15) is 0 Å². The summed E-state index contributed by atoms with van der Waals surface area (Å²) in [4.78, 5) is 15.8. The number of hydrogen-bond acceptors (Lipinski definition) is 6. The number of nitrogen functional groups attached to an aromatic ring is 1. The lowest BCUT2D eigenvalue weighted by Crippen LogP contribution is -2.47. The summed E-state index contributed by atoms with van der Waals surface area (Å²) in [6, 6.07) is 17.6. The Morgan fingerprint density at radius 3 is 2.88 bits per heavy atom. The second kappa shape index (κ2) is 11.6. The normalized spacial score (nSPS) is 16.6. The van der Waals surface area contributed by atoms with Gasteiger partial charge in [0.15, 0.2) is 0 Å². The van der Waals surface area contributed by atoms with E-state index in [1.807, 2.05) is 48.5 Å². The third-order valence-corrected chi connectivity index (χ3v) is 8.34. The fraction of sp³-hybridized carbons (Fsp3) is 0.292. The lowest BCUT2D eigenvalue weighted by Gasteiger charge is -2.33. The molecule has 9 heteroatoms. The van der Waals surface area contributed by atoms with E-state index in [0.717, 1.165) is 45.5 Å². The summed E-state index contributed by atoms with van der Waals surface area (Å²) in [5, 5.41) is 4.13. The predicted molar refractivity (Wildman–Crippen MR) is 139 cm³/mol. The summed E-state index contributed by atoms with van der Waals surface area (Å²) >= 11 is 15.3. The first-order chi connectivity index (χ1) is 16.0. The van der Waals surface area contributed by atoms with Crippen LogP contribution in [0.25, 0.3) is 10.4 Å². The number of rotatable bonds is 8. The molecule has 1 aliphatic rings. The maximum absolute atomic E-state index is 12.4. The molecule has 0 saturated carbocycles. The Morgan fingerprint density at radius 2 is 2.06 bits per heavy atom. The molecule has 0 unspecified atom stereocenters. The van der Waals surface area contributed by atoms with Crippen LogP contribution in [-0.2, 0) is 16.1 Å². The van der Waals surface area contributed by atoms with Crippen LogP contribution in [0.4, 0.5) is 5.69 Å². The number of ether oxygens (including phenoxy) is 1. The zero-order valence-corrected chi connectivity index (χ0v) is 21.1. The van der Waals surface area contributed by atoms with Crippen LogP contribution in [0.15, 0.2) is 58.8 Å². The van der Waals surface area contributed by atoms with Crippen LogP contribution < -0.4 is 11.1 Å². The molecule has 1 aliphatic heterocycles. The molecule has 0 spiro atoms. The van der Waals surface area contributed by atoms with Gasteiger partial charge in [-0.05, 0) is 47.5 Å². The van der Waals surface area contributed by atoms with Gasteiger partial charge >= 0.3 is 0 Å². The Labute approximate surface area is 212 Å². The van der Waals surface area contributed by atoms with Crippen LogP contribution in [0, 0.1) is 0 Å². The number of thiophene rings is 1. The lowest BCUT2D eigenvalue weighted by molar-refractivity contribution is -0.119. The van der Waals surface area contributed by atoms with Crippen LogP contribution in [0.2, 0.25) is 10.0 Å². The molecule has 0 bridgehead atoms. The fourth-order valence-electron chi connectivity index (χ4n) is 3.60. The molecule has 1 atom stereocenters. The maximum atomic E-state index is 12.4. The van der Waals surface area contributed by atoms with Crippen molar-refractivity contribution in [3.63, 3.8) is 0 Å². The van der Waals surface area contributed by atoms with Gasteiger partial charge in [-0.1, -0.05) is 41.4 Å². The van der Waals surface area contributed by atoms with E-state index in [-0.39, 0.29) is 12.0 Å². The molecular formula is C24H25Cl2N3O2S2. The minimum absolute atomic E-state index is 0.00381. The Kier molecular flexibility index (Phi) is 8.57. The summed E-state index contributed by atoms with van der Waals surface area (Å²) in [6.45, 7) is 3.50. The first-order valence-electron chi connectivity index (χ1n) is 10.6. The molecule has 1 fully saturated rings. The van der Waals surface area contributed by atoms with E-state index in [2.05, 4.69) is 16.3 Å². The quantitative estimate of drug-likeness (QED) is 0.306. The summed E-state index contributed by atoms with van der Waals surface area (Å²) in [6.07, 6.45) is -0.0349. The molecule has 4 rings (SSSR count). The molecule has 1 amide bonds. The van der Waals surface area contributed by atoms with Crippen molar-refractivity contribution in [1.29, 1.82) is 0 Å². The Bertz CT molecular complexity index is 1110. The summed E-state index contributed by atoms with van der Waals surface area (Å²) in [7, 11) is 0. The zero-order valence-electron chi connectivity index (χ0n) is 17.9. The molecule has 33 heavy (non-hydrogen) atoms. The molecule has 2 aromatic carbocycles. The number of amides is 1. The molecule has 5 nitrogen and oxygen atoms in total. The first kappa shape index (κ1) is 24.4. The number of morpholine rings is 1. The van der Waals surface area contributed by atoms with E-state index < -0.39 is 0 Å². The van der Waals surface area contributed by atoms with Crippen molar-refractivity contribution >= 4 is 57.9 Å². The first-order valence-corrected chi connectivity index (χ1v) is 13.2. The van der Waals surface area contributed by atoms with Crippen molar-refractivity contribution in [2.75, 3.05) is 37.7 Å². The van der Waals surface area contributed by atoms with Crippen LogP contribution in [0.3, 0.4) is 0 Å². The lowest BCUT2D eigenvalue weighted by atomic mass is 10.2. The Hall–Kier alpha value is -1.74. The largest absolute Gasteiger partial charge is 0.399 e. The second-order valence-corrected chi connectivity index (χ2v) is 11.0. The highest BCUT2D eigenvalue weighted by Gasteiger charge is 2.21. The molecule has 3 N–H and O–H groups in total. The Morgan fingerprint density at radius 1 is 1.18 bits per heavy atom. The van der Waals surface area contributed by atoms with Gasteiger partial charge in [0.25, 0.3) is 0 Å². The van der Waals surface area contributed by atoms with Gasteiger partial charge in [0.2, 0.25) is 5.91 Å². The molecule has 1 aromatic heterocycles. The van der Waals surface area contributed by atoms with E-state index in [1.54, 1.807) is 23.1 Å². The third-order valence-electron chi connectivity index (χ3n) is 5.24. The van der Waals surface area contributed by atoms with Crippen LogP contribution in [0.5, 0.6) is 0 Å². The van der Waals surface area contributed by atoms with Gasteiger partial charge in [-0.2, -0.15) is 0 Å². The molecule has 0 aliphatic carbocycles. The highest BCUT2D eigenvalue weighted by Crippen LogP contribution is 2.34. The smallest absolute Gasteiger partial charge is 0.230 e. The summed E-state index contributed by atoms with van der Waals surface area (Å²) in [5.41, 5.74) is 8.83. The van der Waals surface area contributed by atoms with Crippen molar-refractivity contribution < 1.29 is 9.53 Å². The van der Waals surface area contributed by atoms with Crippen molar-refractivity contribution in [3.05, 3.63) is 70.2 Å². The molecule has 0 radical (unpaired) electrons. The summed E-state index contributed by atoms with van der Waals surface area (Å²) in [5.74, 6) is 0.375. The molecule has 174 valence electrons. The number of halogens is 2. The van der Waals surface area contributed by atoms with Gasteiger partial charge in [-0.3, -0.25) is 9.69 Å². The molecule has 2 heterocycles. The minimum Gasteiger partial charge on any atom is -0.399 e. The van der Waals surface area contributed by atoms with E-state index in [1.165, 1.54) is 0 Å². The molecule has 3 aromatic rings. The topological polar surface area (TPSA) is 67.6 Å². The number of anilines is 1. The van der Waals surface area contributed by atoms with Crippen molar-refractivity contribution in [2.45, 2.75) is 16.9 Å². The molecular weight excluding hydrogens is 497 g/mol. The third kappa shape index (κ3) is 7.12. The van der Waals surface area contributed by atoms with Gasteiger partial charge in [-0.15, -0.1) is 23.1 Å². The molecule has 1 saturated heterocycles. The summed E-state index contributed by atoms with van der Waals surface area (Å²) < 4.78 is 6.95. The van der Waals surface area contributed by atoms with Crippen LogP contribution in [-0.4, -0.2) is 48.9 Å². The zero-order chi connectivity index (χ0) is 23.2. The monoisotopic (exact) mass is 521 g/mol. The van der Waals surface area contributed by atoms with Gasteiger partial charge in [-0.25, -0.2) is 0 Å². The van der Waals surface area contributed by atoms with Crippen molar-refractivity contribution in [2.24, 2.45) is 0 Å². The highest BCUT2D eigenvalue weighted by atomic mass is 35.5. The van der Waals surface area contributed by atoms with Gasteiger partial charge < -0.3 is 15.8 Å². The van der Waals surface area contributed by atoms with Gasteiger partial charge in [0.05, 0.1) is 32.7 Å². The van der Waals surface area contributed by atoms with E-state index in [9.17, 15) is 4.79 Å². The number of carbonyl (C=O) groups excluding carboxylic acids is 1. The second-order valence-electron chi connectivity index (χ2n) is 7.81. The van der Waals surface area contributed by atoms with E-state index in [0.29, 0.717) is 28.9 Å². The average Bonchev–Trinajstić information content (AvgIpc) is 3.28. The number of carbonyl (C=O) groups is 1. The average molecular weight is 523 g/mol. The van der Waals surface area contributed by atoms with Gasteiger partial charge in [0, 0.05) is 36.7 Å². The van der Waals surface area contributed by atoms with Crippen LogP contribution in [0.1, 0.15) is 5.56 Å². The standard InChI is InChI=1S/C24H25Cl2N3O2S2/c25-20-5-4-16(10-21(20)26)13-29-8-9-31-19(14-29)12-28-23(30)15-32-24-7-6-22(33-24)17-2-1-3-18(27)11-17/h1-7,10-11,19H,8-9,12-15,27H2,(H,28,30)/t19-/m0/s1. The number of thioether (sulfide) groups is 1. The minimum atomic E-state index is -0.0349. The highest BCUT2D eigenvalue weighted by molar-refractivity contribution is 8.01. The fourth-order valence-corrected chi connectivity index (χ4v) is 5.88.